The molecule has 1 heterocycles. The second-order valence-corrected chi connectivity index (χ2v) is 5.69. The van der Waals surface area contributed by atoms with Gasteiger partial charge in [-0.25, -0.2) is 4.79 Å². The number of hydrogen-bond acceptors (Lipinski definition) is 6. The maximum Gasteiger partial charge on any atom is 0.330 e. The minimum Gasteiger partial charge on any atom is -0.507 e. The Morgan fingerprint density at radius 2 is 1.96 bits per heavy atom. The SMILES string of the molecule is C=C(NNC(=O)c1ccccc1O)[C@H]1C(=O)NC(=O)N(CCCC)C1=O. The van der Waals surface area contributed by atoms with Crippen LogP contribution in [0.15, 0.2) is 36.5 Å². The van der Waals surface area contributed by atoms with Gasteiger partial charge in [0, 0.05) is 12.2 Å². The molecule has 9 heteroatoms. The number of aromatic hydroxyl groups is 1. The number of nitrogens with one attached hydrogen (secondary N) is 3. The third kappa shape index (κ3) is 4.00. The number of nitrogens with zero attached hydrogens (tertiary/aromatic N) is 1. The van der Waals surface area contributed by atoms with E-state index in [9.17, 15) is 24.3 Å². The molecular formula is C17H20N4O5. The van der Waals surface area contributed by atoms with Gasteiger partial charge in [-0.2, -0.15) is 0 Å². The molecule has 1 saturated heterocycles. The van der Waals surface area contributed by atoms with Crippen LogP contribution in [0, 0.1) is 5.92 Å². The van der Waals surface area contributed by atoms with Crippen molar-refractivity contribution in [3.63, 3.8) is 0 Å². The van der Waals surface area contributed by atoms with Crippen LogP contribution in [0.1, 0.15) is 30.1 Å². The number of barbiturate groups is 1. The van der Waals surface area contributed by atoms with Crippen molar-refractivity contribution in [3.8, 4) is 5.75 Å². The van der Waals surface area contributed by atoms with E-state index >= 15 is 0 Å². The number of hydrogen-bond donors (Lipinski definition) is 4. The smallest absolute Gasteiger partial charge is 0.330 e. The molecule has 0 aromatic heterocycles. The predicted octanol–water partition coefficient (Wildman–Crippen LogP) is 0.635. The zero-order valence-corrected chi connectivity index (χ0v) is 14.2. The molecule has 5 amide bonds. The number of benzene rings is 1. The van der Waals surface area contributed by atoms with E-state index < -0.39 is 29.7 Å². The summed E-state index contributed by atoms with van der Waals surface area (Å²) in [4.78, 5) is 49.3. The molecule has 4 N–H and O–H groups in total. The van der Waals surface area contributed by atoms with E-state index in [1.54, 1.807) is 12.1 Å². The summed E-state index contributed by atoms with van der Waals surface area (Å²) in [6.07, 6.45) is 1.37. The number of phenolic OH excluding ortho intramolecular Hbond substituents is 1. The molecule has 1 aliphatic rings. The van der Waals surface area contributed by atoms with Crippen LogP contribution in [0.25, 0.3) is 0 Å². The van der Waals surface area contributed by atoms with Crippen LogP contribution in [0.4, 0.5) is 4.79 Å². The van der Waals surface area contributed by atoms with E-state index in [0.29, 0.717) is 6.42 Å². The summed E-state index contributed by atoms with van der Waals surface area (Å²) in [7, 11) is 0. The van der Waals surface area contributed by atoms with E-state index in [1.807, 2.05) is 6.92 Å². The Balaban J connectivity index is 2.04. The molecule has 26 heavy (non-hydrogen) atoms. The van der Waals surface area contributed by atoms with Crippen molar-refractivity contribution in [2.24, 2.45) is 5.92 Å². The van der Waals surface area contributed by atoms with Crippen LogP contribution in [-0.2, 0) is 9.59 Å². The first kappa shape index (κ1) is 19.0. The second kappa shape index (κ2) is 8.15. The highest BCUT2D eigenvalue weighted by Crippen LogP contribution is 2.17. The molecule has 1 aliphatic heterocycles. The number of carbonyl (C=O) groups excluding carboxylic acids is 4. The molecule has 1 fully saturated rings. The minimum atomic E-state index is -1.35. The largest absolute Gasteiger partial charge is 0.507 e. The summed E-state index contributed by atoms with van der Waals surface area (Å²) in [6.45, 7) is 5.69. The van der Waals surface area contributed by atoms with Gasteiger partial charge in [0.05, 0.1) is 5.56 Å². The van der Waals surface area contributed by atoms with Crippen molar-refractivity contribution in [1.29, 1.82) is 0 Å². The number of hydrazine groups is 1. The minimum absolute atomic E-state index is 0.00646. The molecule has 0 radical (unpaired) electrons. The van der Waals surface area contributed by atoms with E-state index in [1.165, 1.54) is 12.1 Å². The van der Waals surface area contributed by atoms with Gasteiger partial charge in [-0.1, -0.05) is 32.1 Å². The van der Waals surface area contributed by atoms with Gasteiger partial charge in [0.1, 0.15) is 5.75 Å². The number of para-hydroxylation sites is 1. The van der Waals surface area contributed by atoms with Gasteiger partial charge >= 0.3 is 6.03 Å². The Labute approximate surface area is 150 Å². The van der Waals surface area contributed by atoms with Gasteiger partial charge in [0.2, 0.25) is 11.8 Å². The molecule has 1 atom stereocenters. The number of unbranched alkanes of at least 4 members (excludes halogenated alkanes) is 1. The molecule has 0 aliphatic carbocycles. The summed E-state index contributed by atoms with van der Waals surface area (Å²) >= 11 is 0. The highest BCUT2D eigenvalue weighted by atomic mass is 16.3. The Kier molecular flexibility index (Phi) is 5.94. The normalized spacial score (nSPS) is 16.9. The van der Waals surface area contributed by atoms with Crippen molar-refractivity contribution >= 4 is 23.8 Å². The highest BCUT2D eigenvalue weighted by molar-refractivity contribution is 6.17. The van der Waals surface area contributed by atoms with E-state index in [-0.39, 0.29) is 23.6 Å². The van der Waals surface area contributed by atoms with Crippen LogP contribution in [0.3, 0.4) is 0 Å². The maximum atomic E-state index is 12.5. The van der Waals surface area contributed by atoms with Gasteiger partial charge in [-0.3, -0.25) is 30.0 Å². The van der Waals surface area contributed by atoms with Crippen LogP contribution in [-0.4, -0.2) is 40.3 Å². The first-order valence-corrected chi connectivity index (χ1v) is 8.06. The van der Waals surface area contributed by atoms with Crippen molar-refractivity contribution in [2.45, 2.75) is 19.8 Å². The molecule has 0 bridgehead atoms. The van der Waals surface area contributed by atoms with Gasteiger partial charge in [0.15, 0.2) is 5.92 Å². The zero-order valence-electron chi connectivity index (χ0n) is 14.2. The van der Waals surface area contributed by atoms with Crippen LogP contribution in [0.2, 0.25) is 0 Å². The Hall–Kier alpha value is -3.36. The first-order valence-electron chi connectivity index (χ1n) is 8.06. The van der Waals surface area contributed by atoms with Crippen molar-refractivity contribution in [1.82, 2.24) is 21.1 Å². The number of rotatable bonds is 7. The highest BCUT2D eigenvalue weighted by Gasteiger charge is 2.41. The molecule has 0 spiro atoms. The number of imide groups is 2. The standard InChI is InChI=1S/C17H20N4O5/c1-3-4-9-21-16(25)13(15(24)18-17(21)26)10(2)19-20-14(23)11-7-5-6-8-12(11)22/h5-8,13,19,22H,2-4,9H2,1H3,(H,20,23)(H,18,24,26)/t13-/m0/s1. The van der Waals surface area contributed by atoms with Crippen molar-refractivity contribution in [3.05, 3.63) is 42.1 Å². The number of phenols is 1. The zero-order chi connectivity index (χ0) is 19.3. The fourth-order valence-corrected chi connectivity index (χ4v) is 2.39. The average Bonchev–Trinajstić information content (AvgIpc) is 2.59. The number of urea groups is 1. The average molecular weight is 360 g/mol. The maximum absolute atomic E-state index is 12.5. The molecule has 9 nitrogen and oxygen atoms in total. The van der Waals surface area contributed by atoms with Crippen LogP contribution < -0.4 is 16.2 Å². The van der Waals surface area contributed by atoms with Gasteiger partial charge in [-0.05, 0) is 18.6 Å². The Bertz CT molecular complexity index is 761. The Morgan fingerprint density at radius 3 is 2.62 bits per heavy atom. The molecule has 2 rings (SSSR count). The van der Waals surface area contributed by atoms with Gasteiger partial charge in [-0.15, -0.1) is 0 Å². The monoisotopic (exact) mass is 360 g/mol. The molecule has 138 valence electrons. The van der Waals surface area contributed by atoms with Gasteiger partial charge < -0.3 is 10.5 Å². The summed E-state index contributed by atoms with van der Waals surface area (Å²) in [5.41, 5.74) is 4.58. The second-order valence-electron chi connectivity index (χ2n) is 5.69. The lowest BCUT2D eigenvalue weighted by Crippen LogP contribution is -2.60. The summed E-state index contributed by atoms with van der Waals surface area (Å²) in [6, 6.07) is 5.11. The van der Waals surface area contributed by atoms with Crippen LogP contribution in [0.5, 0.6) is 5.75 Å². The lowest BCUT2D eigenvalue weighted by atomic mass is 10.0. The summed E-state index contributed by atoms with van der Waals surface area (Å²) in [5, 5.41) is 11.8. The molecule has 0 unspecified atom stereocenters. The fourth-order valence-electron chi connectivity index (χ4n) is 2.39. The fraction of sp³-hybridized carbons (Fsp3) is 0.294. The number of carbonyl (C=O) groups is 4. The predicted molar refractivity (Wildman–Crippen MR) is 91.5 cm³/mol. The molecule has 0 saturated carbocycles. The number of amides is 5. The molecule has 1 aromatic carbocycles. The lowest BCUT2D eigenvalue weighted by molar-refractivity contribution is -0.141. The van der Waals surface area contributed by atoms with Crippen LogP contribution >= 0.6 is 0 Å². The van der Waals surface area contributed by atoms with Gasteiger partial charge in [0.25, 0.3) is 5.91 Å². The van der Waals surface area contributed by atoms with Crippen molar-refractivity contribution in [2.75, 3.05) is 6.54 Å². The third-order valence-corrected chi connectivity index (χ3v) is 3.82. The van der Waals surface area contributed by atoms with E-state index in [2.05, 4.69) is 22.7 Å². The topological polar surface area (TPSA) is 128 Å². The van der Waals surface area contributed by atoms with Crippen molar-refractivity contribution < 1.29 is 24.3 Å². The third-order valence-electron chi connectivity index (χ3n) is 3.82. The summed E-state index contributed by atoms with van der Waals surface area (Å²) in [5.74, 6) is -3.77. The molecule has 1 aromatic rings. The summed E-state index contributed by atoms with van der Waals surface area (Å²) < 4.78 is 0. The molecular weight excluding hydrogens is 340 g/mol. The van der Waals surface area contributed by atoms with E-state index in [4.69, 9.17) is 0 Å². The lowest BCUT2D eigenvalue weighted by Gasteiger charge is -2.31. The first-order chi connectivity index (χ1) is 12.4. The van der Waals surface area contributed by atoms with E-state index in [0.717, 1.165) is 11.3 Å². The quantitative estimate of drug-likeness (QED) is 0.417. The Morgan fingerprint density at radius 1 is 1.27 bits per heavy atom.